The Morgan fingerprint density at radius 1 is 0.800 bits per heavy atom. The molecule has 122 valence electrons. The molecule has 0 aliphatic heterocycles. The van der Waals surface area contributed by atoms with Crippen molar-refractivity contribution >= 4 is 25.0 Å². The van der Waals surface area contributed by atoms with Crippen LogP contribution in [-0.2, 0) is 8.54 Å². The Hall–Kier alpha value is 0.571. The van der Waals surface area contributed by atoms with Crippen molar-refractivity contribution in [1.82, 2.24) is 0 Å². The standard InChI is InChI=1S/C15H38O2Si3/c1-13-14(2,3)19(9,10)15(4,5)16-20(11,12)17-18(6,7)8/h13H2,1-12H3. The van der Waals surface area contributed by atoms with E-state index in [9.17, 15) is 0 Å². The lowest BCUT2D eigenvalue weighted by molar-refractivity contribution is 0.134. The van der Waals surface area contributed by atoms with E-state index in [-0.39, 0.29) is 5.22 Å². The second-order valence-corrected chi connectivity index (χ2v) is 22.9. The van der Waals surface area contributed by atoms with Crippen molar-refractivity contribution in [2.45, 2.75) is 97.1 Å². The molecule has 0 bridgehead atoms. The van der Waals surface area contributed by atoms with Crippen LogP contribution in [0.1, 0.15) is 41.0 Å². The third kappa shape index (κ3) is 5.09. The maximum atomic E-state index is 6.67. The van der Waals surface area contributed by atoms with Crippen LogP contribution in [0.3, 0.4) is 0 Å². The Kier molecular flexibility index (Phi) is 6.16. The van der Waals surface area contributed by atoms with Crippen LogP contribution in [0, 0.1) is 0 Å². The zero-order valence-corrected chi connectivity index (χ0v) is 19.0. The quantitative estimate of drug-likeness (QED) is 0.550. The van der Waals surface area contributed by atoms with E-state index in [1.807, 2.05) is 0 Å². The molecular formula is C15H38O2Si3. The normalized spacial score (nSPS) is 15.6. The van der Waals surface area contributed by atoms with Crippen LogP contribution in [0.2, 0.25) is 50.9 Å². The molecule has 0 atom stereocenters. The second-order valence-electron chi connectivity index (χ2n) is 9.09. The molecule has 0 saturated carbocycles. The second kappa shape index (κ2) is 5.99. The van der Waals surface area contributed by atoms with E-state index >= 15 is 0 Å². The van der Waals surface area contributed by atoms with Gasteiger partial charge < -0.3 is 8.54 Å². The van der Waals surface area contributed by atoms with Crippen LogP contribution in [0.15, 0.2) is 0 Å². The molecule has 0 aromatic heterocycles. The minimum absolute atomic E-state index is 0.0676. The summed E-state index contributed by atoms with van der Waals surface area (Å²) in [7, 11) is -5.23. The number of hydrogen-bond donors (Lipinski definition) is 0. The predicted molar refractivity (Wildman–Crippen MR) is 98.9 cm³/mol. The summed E-state index contributed by atoms with van der Waals surface area (Å²) in [6.45, 7) is 27.8. The van der Waals surface area contributed by atoms with Crippen molar-refractivity contribution in [2.75, 3.05) is 0 Å². The van der Waals surface area contributed by atoms with Gasteiger partial charge in [-0.2, -0.15) is 0 Å². The lowest BCUT2D eigenvalue weighted by atomic mass is 10.1. The van der Waals surface area contributed by atoms with Gasteiger partial charge >= 0.3 is 8.56 Å². The van der Waals surface area contributed by atoms with Gasteiger partial charge in [-0.1, -0.05) is 40.3 Å². The minimum atomic E-state index is -2.08. The highest BCUT2D eigenvalue weighted by Crippen LogP contribution is 2.47. The molecule has 20 heavy (non-hydrogen) atoms. The lowest BCUT2D eigenvalue weighted by Gasteiger charge is -2.52. The van der Waals surface area contributed by atoms with E-state index in [0.717, 1.165) is 0 Å². The maximum absolute atomic E-state index is 6.67. The van der Waals surface area contributed by atoms with Gasteiger partial charge in [0.25, 0.3) is 0 Å². The van der Waals surface area contributed by atoms with Gasteiger partial charge in [0.2, 0.25) is 0 Å². The molecule has 2 nitrogen and oxygen atoms in total. The van der Waals surface area contributed by atoms with Crippen molar-refractivity contribution < 1.29 is 8.54 Å². The Morgan fingerprint density at radius 3 is 1.50 bits per heavy atom. The molecule has 0 amide bonds. The first-order valence-electron chi connectivity index (χ1n) is 7.88. The zero-order valence-electron chi connectivity index (χ0n) is 16.0. The summed E-state index contributed by atoms with van der Waals surface area (Å²) in [5.41, 5.74) is 0. The molecule has 0 saturated heterocycles. The molecule has 0 rings (SSSR count). The maximum Gasteiger partial charge on any atom is 0.321 e. The topological polar surface area (TPSA) is 18.5 Å². The summed E-state index contributed by atoms with van der Waals surface area (Å²) in [5, 5.41) is 0.294. The average Bonchev–Trinajstić information content (AvgIpc) is 2.10. The van der Waals surface area contributed by atoms with Crippen molar-refractivity contribution in [3.8, 4) is 0 Å². The summed E-state index contributed by atoms with van der Waals surface area (Å²) in [4.78, 5) is 0. The Balaban J connectivity index is 5.26. The van der Waals surface area contributed by atoms with Crippen molar-refractivity contribution in [3.05, 3.63) is 0 Å². The molecule has 5 heteroatoms. The average molecular weight is 335 g/mol. The SMILES string of the molecule is CCC(C)(C)[Si](C)(C)C(C)(C)O[Si](C)(C)O[Si](C)(C)C. The molecule has 0 radical (unpaired) electrons. The molecule has 0 fully saturated rings. The highest BCUT2D eigenvalue weighted by molar-refractivity contribution is 6.85. The summed E-state index contributed by atoms with van der Waals surface area (Å²) >= 11 is 0. The first-order valence-corrected chi connectivity index (χ1v) is 17.1. The van der Waals surface area contributed by atoms with Crippen LogP contribution in [0.5, 0.6) is 0 Å². The van der Waals surface area contributed by atoms with E-state index in [1.165, 1.54) is 6.42 Å². The van der Waals surface area contributed by atoms with Crippen LogP contribution in [0.4, 0.5) is 0 Å². The van der Waals surface area contributed by atoms with Crippen LogP contribution in [0.25, 0.3) is 0 Å². The van der Waals surface area contributed by atoms with Gasteiger partial charge in [-0.25, -0.2) is 0 Å². The highest BCUT2D eigenvalue weighted by Gasteiger charge is 2.52. The van der Waals surface area contributed by atoms with E-state index in [0.29, 0.717) is 5.04 Å². The largest absolute Gasteiger partial charge is 0.436 e. The van der Waals surface area contributed by atoms with E-state index in [2.05, 4.69) is 80.4 Å². The Bertz CT molecular complexity index is 329. The van der Waals surface area contributed by atoms with Crippen LogP contribution in [-0.4, -0.2) is 30.2 Å². The van der Waals surface area contributed by atoms with Gasteiger partial charge in [-0.15, -0.1) is 0 Å². The zero-order chi connectivity index (χ0) is 16.6. The minimum Gasteiger partial charge on any atom is -0.436 e. The molecule has 0 aromatic carbocycles. The fourth-order valence-corrected chi connectivity index (χ4v) is 14.3. The van der Waals surface area contributed by atoms with Gasteiger partial charge in [0.15, 0.2) is 8.32 Å². The van der Waals surface area contributed by atoms with Gasteiger partial charge in [0.1, 0.15) is 0 Å². The summed E-state index contributed by atoms with van der Waals surface area (Å²) in [6.07, 6.45) is 1.20. The Labute approximate surface area is 131 Å². The number of hydrogen-bond acceptors (Lipinski definition) is 2. The van der Waals surface area contributed by atoms with Crippen LogP contribution < -0.4 is 0 Å². The highest BCUT2D eigenvalue weighted by atomic mass is 28.4. The van der Waals surface area contributed by atoms with Crippen molar-refractivity contribution in [2.24, 2.45) is 0 Å². The summed E-state index contributed by atoms with van der Waals surface area (Å²) < 4.78 is 13.0. The van der Waals surface area contributed by atoms with Gasteiger partial charge in [0, 0.05) is 5.22 Å². The molecule has 0 aromatic rings. The molecule has 0 N–H and O–H groups in total. The molecule has 0 aliphatic rings. The van der Waals surface area contributed by atoms with Crippen molar-refractivity contribution in [3.63, 3.8) is 0 Å². The van der Waals surface area contributed by atoms with Crippen LogP contribution >= 0.6 is 0 Å². The summed E-state index contributed by atoms with van der Waals surface area (Å²) in [6, 6.07) is 0. The molecular weight excluding hydrogens is 296 g/mol. The Morgan fingerprint density at radius 2 is 1.20 bits per heavy atom. The third-order valence-electron chi connectivity index (χ3n) is 5.13. The monoisotopic (exact) mass is 334 g/mol. The predicted octanol–water partition coefficient (Wildman–Crippen LogP) is 5.77. The van der Waals surface area contributed by atoms with Crippen molar-refractivity contribution in [1.29, 1.82) is 0 Å². The third-order valence-corrected chi connectivity index (χ3v) is 17.6. The van der Waals surface area contributed by atoms with E-state index in [4.69, 9.17) is 8.54 Å². The van der Waals surface area contributed by atoms with Gasteiger partial charge in [-0.3, -0.25) is 0 Å². The molecule has 0 spiro atoms. The van der Waals surface area contributed by atoms with E-state index < -0.39 is 25.0 Å². The number of rotatable bonds is 7. The molecule has 0 aliphatic carbocycles. The van der Waals surface area contributed by atoms with Gasteiger partial charge in [-0.05, 0) is 51.6 Å². The smallest absolute Gasteiger partial charge is 0.321 e. The molecule has 0 heterocycles. The summed E-state index contributed by atoms with van der Waals surface area (Å²) in [5.74, 6) is 0. The first kappa shape index (κ1) is 20.6. The molecule has 0 unspecified atom stereocenters. The lowest BCUT2D eigenvalue weighted by Crippen LogP contribution is -2.63. The van der Waals surface area contributed by atoms with E-state index in [1.54, 1.807) is 0 Å². The fourth-order valence-electron chi connectivity index (χ4n) is 2.76. The first-order chi connectivity index (χ1) is 8.47. The van der Waals surface area contributed by atoms with Gasteiger partial charge in [0.05, 0.1) is 8.07 Å². The fraction of sp³-hybridized carbons (Fsp3) is 1.00.